The van der Waals surface area contributed by atoms with E-state index in [4.69, 9.17) is 10.5 Å². The Balaban J connectivity index is 1.79. The number of fused-ring (bicyclic) bond motifs is 1. The summed E-state index contributed by atoms with van der Waals surface area (Å²) in [4.78, 5) is 36.0. The molecule has 2 aliphatic rings. The maximum atomic E-state index is 15.0. The summed E-state index contributed by atoms with van der Waals surface area (Å²) in [5.41, 5.74) is 7.39. The number of amides is 1. The summed E-state index contributed by atoms with van der Waals surface area (Å²) in [5, 5.41) is 7.60. The van der Waals surface area contributed by atoms with Crippen LogP contribution < -0.4 is 11.1 Å². The molecule has 1 atom stereocenters. The van der Waals surface area contributed by atoms with Crippen molar-refractivity contribution in [1.82, 2.24) is 9.78 Å². The normalized spacial score (nSPS) is 20.2. The number of aryl methyl sites for hydroxylation is 1. The van der Waals surface area contributed by atoms with Gasteiger partial charge in [0.1, 0.15) is 12.4 Å². The average Bonchev–Trinajstić information content (AvgIpc) is 2.98. The molecule has 0 radical (unpaired) electrons. The molecule has 9 heteroatoms. The molecule has 164 valence electrons. The van der Waals surface area contributed by atoms with Gasteiger partial charge in [-0.05, 0) is 31.2 Å². The van der Waals surface area contributed by atoms with E-state index in [1.165, 1.54) is 6.07 Å². The summed E-state index contributed by atoms with van der Waals surface area (Å²) >= 11 is 0. The predicted octanol–water partition coefficient (Wildman–Crippen LogP) is 2.69. The lowest BCUT2D eigenvalue weighted by Crippen LogP contribution is -2.33. The molecule has 3 N–H and O–H groups in total. The van der Waals surface area contributed by atoms with Gasteiger partial charge in [0.25, 0.3) is 5.91 Å². The number of halogens is 1. The number of benzene rings is 1. The molecule has 31 heavy (non-hydrogen) atoms. The molecule has 1 aromatic heterocycles. The number of hydrogen-bond donors (Lipinski definition) is 2. The van der Waals surface area contributed by atoms with Crippen molar-refractivity contribution in [3.63, 3.8) is 0 Å². The zero-order chi connectivity index (χ0) is 22.5. The van der Waals surface area contributed by atoms with E-state index in [0.717, 1.165) is 5.69 Å². The molecule has 1 aliphatic heterocycles. The third-order valence-corrected chi connectivity index (χ3v) is 5.79. The number of nitrogens with zero attached hydrogens (tertiary/aromatic N) is 2. The van der Waals surface area contributed by atoms with E-state index in [1.54, 1.807) is 17.7 Å². The number of anilines is 1. The van der Waals surface area contributed by atoms with E-state index < -0.39 is 11.7 Å². The molecule has 8 nitrogen and oxygen atoms in total. The number of carbonyl (C=O) groups excluding carboxylic acids is 3. The first-order valence-electron chi connectivity index (χ1n) is 10.2. The van der Waals surface area contributed by atoms with E-state index >= 15 is 0 Å². The molecule has 1 saturated heterocycles. The van der Waals surface area contributed by atoms with Crippen LogP contribution in [0.3, 0.4) is 0 Å². The minimum atomic E-state index is -0.908. The number of esters is 1. The largest absolute Gasteiger partial charge is 0.463 e. The number of nitrogens with two attached hydrogens (primary N) is 1. The second kappa shape index (κ2) is 7.47. The number of ketones is 1. The molecule has 1 aliphatic carbocycles. The van der Waals surface area contributed by atoms with Gasteiger partial charge in [-0.3, -0.25) is 14.4 Å². The van der Waals surface area contributed by atoms with Crippen LogP contribution in [0.4, 0.5) is 10.1 Å². The minimum absolute atomic E-state index is 0.0200. The zero-order valence-electron chi connectivity index (χ0n) is 17.8. The van der Waals surface area contributed by atoms with Crippen LogP contribution in [0.15, 0.2) is 12.1 Å². The number of primary amides is 1. The van der Waals surface area contributed by atoms with Crippen LogP contribution in [0.1, 0.15) is 65.2 Å². The molecule has 2 aromatic rings. The Morgan fingerprint density at radius 3 is 2.71 bits per heavy atom. The van der Waals surface area contributed by atoms with Crippen LogP contribution in [0.5, 0.6) is 0 Å². The number of aromatic nitrogens is 2. The lowest BCUT2D eigenvalue weighted by Gasteiger charge is -2.29. The van der Waals surface area contributed by atoms with Crippen molar-refractivity contribution in [2.45, 2.75) is 52.5 Å². The summed E-state index contributed by atoms with van der Waals surface area (Å²) in [6.45, 7) is 5.89. The topological polar surface area (TPSA) is 116 Å². The fourth-order valence-electron chi connectivity index (χ4n) is 4.41. The smallest absolute Gasteiger partial charge is 0.305 e. The molecule has 0 saturated carbocycles. The van der Waals surface area contributed by atoms with Crippen LogP contribution in [0, 0.1) is 18.2 Å². The van der Waals surface area contributed by atoms with Gasteiger partial charge in [-0.15, -0.1) is 0 Å². The zero-order valence-corrected chi connectivity index (χ0v) is 17.8. The third-order valence-electron chi connectivity index (χ3n) is 5.79. The van der Waals surface area contributed by atoms with Crippen molar-refractivity contribution in [3.05, 3.63) is 40.5 Å². The van der Waals surface area contributed by atoms with Gasteiger partial charge in [0, 0.05) is 18.9 Å². The van der Waals surface area contributed by atoms with Crippen molar-refractivity contribution in [1.29, 1.82) is 0 Å². The number of rotatable bonds is 4. The third kappa shape index (κ3) is 3.92. The van der Waals surface area contributed by atoms with E-state index in [1.807, 2.05) is 13.8 Å². The van der Waals surface area contributed by atoms with Crippen molar-refractivity contribution in [2.24, 2.45) is 11.1 Å². The summed E-state index contributed by atoms with van der Waals surface area (Å²) in [6, 6.07) is 2.52. The number of ether oxygens (including phenoxy) is 1. The number of hydrogen-bond acceptors (Lipinski definition) is 6. The standard InChI is InChI=1S/C22H25FN4O4/c1-11-19-16(8-22(2,3)9-17(19)28)27(26-11)13-6-14(23)20(21(24)30)15(7-13)25-12-4-5-18(29)31-10-12/h6-7,12,25H,4-5,8-10H2,1-3H3,(H2,24,30). The van der Waals surface area contributed by atoms with Gasteiger partial charge in [0.15, 0.2) is 5.78 Å². The van der Waals surface area contributed by atoms with E-state index in [0.29, 0.717) is 36.2 Å². The second-order valence-corrected chi connectivity index (χ2v) is 9.04. The van der Waals surface area contributed by atoms with Gasteiger partial charge in [-0.2, -0.15) is 5.10 Å². The van der Waals surface area contributed by atoms with Gasteiger partial charge in [0.2, 0.25) is 0 Å². The number of cyclic esters (lactones) is 1. The molecule has 4 rings (SSSR count). The molecule has 1 amide bonds. The molecule has 0 bridgehead atoms. The molecule has 1 fully saturated rings. The second-order valence-electron chi connectivity index (χ2n) is 9.04. The highest BCUT2D eigenvalue weighted by Crippen LogP contribution is 2.37. The van der Waals surface area contributed by atoms with Gasteiger partial charge >= 0.3 is 5.97 Å². The summed E-state index contributed by atoms with van der Waals surface area (Å²) in [6.07, 6.45) is 1.75. The number of nitrogens with one attached hydrogen (secondary N) is 1. The first-order valence-corrected chi connectivity index (χ1v) is 10.2. The van der Waals surface area contributed by atoms with Crippen molar-refractivity contribution < 1.29 is 23.5 Å². The fraction of sp³-hybridized carbons (Fsp3) is 0.455. The van der Waals surface area contributed by atoms with E-state index in [-0.39, 0.29) is 47.5 Å². The lowest BCUT2D eigenvalue weighted by atomic mass is 9.75. The Labute approximate surface area is 178 Å². The molecule has 0 spiro atoms. The fourth-order valence-corrected chi connectivity index (χ4v) is 4.41. The Hall–Kier alpha value is -3.23. The molecular weight excluding hydrogens is 403 g/mol. The number of carbonyl (C=O) groups is 3. The highest BCUT2D eigenvalue weighted by atomic mass is 19.1. The van der Waals surface area contributed by atoms with Crippen molar-refractivity contribution >= 4 is 23.3 Å². The quantitative estimate of drug-likeness (QED) is 0.724. The van der Waals surface area contributed by atoms with Crippen LogP contribution >= 0.6 is 0 Å². The van der Waals surface area contributed by atoms with Crippen LogP contribution in [0.2, 0.25) is 0 Å². The molecule has 2 heterocycles. The first kappa shape index (κ1) is 21.0. The Morgan fingerprint density at radius 2 is 2.06 bits per heavy atom. The molecule has 1 unspecified atom stereocenters. The Bertz CT molecular complexity index is 1100. The van der Waals surface area contributed by atoms with Crippen LogP contribution in [-0.2, 0) is 16.0 Å². The van der Waals surface area contributed by atoms with E-state index in [2.05, 4.69) is 10.4 Å². The van der Waals surface area contributed by atoms with E-state index in [9.17, 15) is 18.8 Å². The summed E-state index contributed by atoms with van der Waals surface area (Å²) in [7, 11) is 0. The SMILES string of the molecule is Cc1nn(-c2cc(F)c(C(N)=O)c(NC3CCC(=O)OC3)c2)c2c1C(=O)CC(C)(C)C2. The summed E-state index contributed by atoms with van der Waals surface area (Å²) in [5.74, 6) is -1.97. The predicted molar refractivity (Wildman–Crippen MR) is 111 cm³/mol. The highest BCUT2D eigenvalue weighted by molar-refractivity contribution is 6.00. The average molecular weight is 428 g/mol. The van der Waals surface area contributed by atoms with Crippen LogP contribution in [0.25, 0.3) is 5.69 Å². The van der Waals surface area contributed by atoms with Crippen molar-refractivity contribution in [3.8, 4) is 5.69 Å². The number of Topliss-reactive ketones (excluding diaryl/α,β-unsaturated/α-hetero) is 1. The Kier molecular flexibility index (Phi) is 5.07. The molecule has 1 aromatic carbocycles. The maximum Gasteiger partial charge on any atom is 0.305 e. The lowest BCUT2D eigenvalue weighted by molar-refractivity contribution is -0.147. The van der Waals surface area contributed by atoms with Gasteiger partial charge < -0.3 is 15.8 Å². The van der Waals surface area contributed by atoms with Gasteiger partial charge in [0.05, 0.1) is 39.9 Å². The monoisotopic (exact) mass is 428 g/mol. The first-order chi connectivity index (χ1) is 14.6. The minimum Gasteiger partial charge on any atom is -0.463 e. The van der Waals surface area contributed by atoms with Gasteiger partial charge in [-0.25, -0.2) is 9.07 Å². The maximum absolute atomic E-state index is 15.0. The molecular formula is C22H25FN4O4. The van der Waals surface area contributed by atoms with Gasteiger partial charge in [-0.1, -0.05) is 13.8 Å². The highest BCUT2D eigenvalue weighted by Gasteiger charge is 2.36. The Morgan fingerprint density at radius 1 is 1.32 bits per heavy atom. The van der Waals surface area contributed by atoms with Crippen molar-refractivity contribution in [2.75, 3.05) is 11.9 Å². The summed E-state index contributed by atoms with van der Waals surface area (Å²) < 4.78 is 21.6. The van der Waals surface area contributed by atoms with Crippen LogP contribution in [-0.4, -0.2) is 40.1 Å².